The van der Waals surface area contributed by atoms with E-state index in [1.165, 1.54) is 0 Å². The summed E-state index contributed by atoms with van der Waals surface area (Å²) in [4.78, 5) is 0. The molecule has 7 heteroatoms. The first-order valence-electron chi connectivity index (χ1n) is 4.60. The number of hydrogen-bond donors (Lipinski definition) is 1. The Bertz CT molecular complexity index is 292. The van der Waals surface area contributed by atoms with E-state index >= 15 is 0 Å². The van der Waals surface area contributed by atoms with E-state index in [-0.39, 0.29) is 0 Å². The number of nitrogens with two attached hydrogens (primary N) is 1. The third-order valence-corrected chi connectivity index (χ3v) is 2.74. The highest BCUT2D eigenvalue weighted by Gasteiger charge is 2.04. The second-order valence-corrected chi connectivity index (χ2v) is 3.92. The van der Waals surface area contributed by atoms with Crippen LogP contribution < -0.4 is 5.73 Å². The monoisotopic (exact) mass is 232 g/mol. The summed E-state index contributed by atoms with van der Waals surface area (Å²) in [6.45, 7) is 1.92. The Hall–Kier alpha value is -0.790. The zero-order valence-corrected chi connectivity index (χ0v) is 9.79. The molecule has 6 nitrogen and oxygen atoms in total. The lowest BCUT2D eigenvalue weighted by molar-refractivity contribution is 0.0790. The maximum absolute atomic E-state index is 5.54. The van der Waals surface area contributed by atoms with E-state index in [9.17, 15) is 0 Å². The minimum Gasteiger partial charge on any atom is -0.382 e. The Labute approximate surface area is 93.1 Å². The summed E-state index contributed by atoms with van der Waals surface area (Å²) in [5.41, 5.74) is 5.54. The first-order valence-corrected chi connectivity index (χ1v) is 5.58. The Balaban J connectivity index is 2.12. The molecule has 0 aliphatic rings. The minimum atomic E-state index is 0.429. The molecule has 0 spiro atoms. The summed E-state index contributed by atoms with van der Waals surface area (Å²) >= 11 is 1.57. The van der Waals surface area contributed by atoms with Crippen LogP contribution in [0.2, 0.25) is 0 Å². The van der Waals surface area contributed by atoms with Crippen LogP contribution in [0.5, 0.6) is 0 Å². The molecule has 0 radical (unpaired) electrons. The molecule has 0 aromatic carbocycles. The van der Waals surface area contributed by atoms with Gasteiger partial charge in [0.25, 0.3) is 0 Å². The fourth-order valence-electron chi connectivity index (χ4n) is 0.888. The van der Waals surface area contributed by atoms with Crippen LogP contribution >= 0.6 is 11.8 Å². The van der Waals surface area contributed by atoms with Crippen LogP contribution in [0, 0.1) is 0 Å². The van der Waals surface area contributed by atoms with Gasteiger partial charge in [-0.1, -0.05) is 11.8 Å². The van der Waals surface area contributed by atoms with Gasteiger partial charge in [-0.2, -0.15) is 0 Å². The summed E-state index contributed by atoms with van der Waals surface area (Å²) in [6.07, 6.45) is 0. The highest BCUT2D eigenvalue weighted by molar-refractivity contribution is 7.99. The minimum absolute atomic E-state index is 0.429. The van der Waals surface area contributed by atoms with Crippen molar-refractivity contribution in [3.63, 3.8) is 0 Å². The van der Waals surface area contributed by atoms with Crippen LogP contribution in [0.3, 0.4) is 0 Å². The van der Waals surface area contributed by atoms with Gasteiger partial charge in [0, 0.05) is 19.9 Å². The molecule has 86 valence electrons. The third-order valence-electron chi connectivity index (χ3n) is 1.76. The van der Waals surface area contributed by atoms with Crippen molar-refractivity contribution in [3.05, 3.63) is 0 Å². The van der Waals surface area contributed by atoms with Gasteiger partial charge in [-0.05, 0) is 0 Å². The van der Waals surface area contributed by atoms with E-state index in [2.05, 4.69) is 10.2 Å². The Morgan fingerprint density at radius 1 is 1.33 bits per heavy atom. The van der Waals surface area contributed by atoms with Gasteiger partial charge in [-0.15, -0.1) is 10.2 Å². The van der Waals surface area contributed by atoms with Crippen molar-refractivity contribution in [3.8, 4) is 0 Å². The van der Waals surface area contributed by atoms with Crippen LogP contribution in [0.15, 0.2) is 5.16 Å². The Morgan fingerprint density at radius 3 is 2.73 bits per heavy atom. The van der Waals surface area contributed by atoms with E-state index < -0.39 is 0 Å². The molecular formula is C8H16N4O2S. The van der Waals surface area contributed by atoms with Gasteiger partial charge in [-0.25, -0.2) is 0 Å². The van der Waals surface area contributed by atoms with Crippen molar-refractivity contribution in [2.24, 2.45) is 7.05 Å². The molecule has 2 N–H and O–H groups in total. The summed E-state index contributed by atoms with van der Waals surface area (Å²) < 4.78 is 11.9. The van der Waals surface area contributed by atoms with Crippen molar-refractivity contribution in [2.45, 2.75) is 5.16 Å². The molecule has 0 bridgehead atoms. The molecule has 0 fully saturated rings. The van der Waals surface area contributed by atoms with Gasteiger partial charge in [0.15, 0.2) is 5.16 Å². The molecule has 0 saturated carbocycles. The van der Waals surface area contributed by atoms with Crippen molar-refractivity contribution in [1.82, 2.24) is 14.8 Å². The zero-order valence-electron chi connectivity index (χ0n) is 8.97. The average Bonchev–Trinajstić information content (AvgIpc) is 2.54. The number of nitrogen functional groups attached to an aromatic ring is 1. The average molecular weight is 232 g/mol. The van der Waals surface area contributed by atoms with E-state index in [1.54, 1.807) is 23.4 Å². The maximum Gasteiger partial charge on any atom is 0.222 e. The van der Waals surface area contributed by atoms with Crippen LogP contribution in [0.4, 0.5) is 5.95 Å². The molecule has 1 rings (SSSR count). The molecule has 0 atom stereocenters. The van der Waals surface area contributed by atoms with Gasteiger partial charge < -0.3 is 15.2 Å². The van der Waals surface area contributed by atoms with E-state index in [1.807, 2.05) is 7.05 Å². The lowest BCUT2D eigenvalue weighted by Crippen LogP contribution is -2.05. The molecule has 0 saturated heterocycles. The lowest BCUT2D eigenvalue weighted by atomic mass is 10.7. The normalized spacial score (nSPS) is 10.8. The Morgan fingerprint density at radius 2 is 2.13 bits per heavy atom. The maximum atomic E-state index is 5.54. The molecule has 0 aliphatic heterocycles. The first kappa shape index (κ1) is 12.3. The summed E-state index contributed by atoms with van der Waals surface area (Å²) in [7, 11) is 3.49. The summed E-state index contributed by atoms with van der Waals surface area (Å²) in [5, 5.41) is 8.48. The first-order chi connectivity index (χ1) is 7.25. The van der Waals surface area contributed by atoms with Crippen molar-refractivity contribution in [2.75, 3.05) is 38.4 Å². The predicted octanol–water partition coefficient (Wildman–Crippen LogP) is 0.152. The van der Waals surface area contributed by atoms with Gasteiger partial charge in [0.1, 0.15) is 0 Å². The van der Waals surface area contributed by atoms with Gasteiger partial charge >= 0.3 is 0 Å². The molecule has 1 aromatic rings. The van der Waals surface area contributed by atoms with Gasteiger partial charge in [0.05, 0.1) is 19.8 Å². The number of anilines is 1. The van der Waals surface area contributed by atoms with E-state index in [0.29, 0.717) is 25.8 Å². The second-order valence-electron chi connectivity index (χ2n) is 2.85. The Kier molecular flexibility index (Phi) is 5.44. The van der Waals surface area contributed by atoms with Gasteiger partial charge in [0.2, 0.25) is 5.95 Å². The zero-order chi connectivity index (χ0) is 11.1. The topological polar surface area (TPSA) is 75.2 Å². The standard InChI is InChI=1S/C8H16N4O2S/c1-12-7(9)10-11-8(12)15-6-5-14-4-3-13-2/h3-6H2,1-2H3,(H2,9,10). The van der Waals surface area contributed by atoms with Crippen molar-refractivity contribution >= 4 is 17.7 Å². The predicted molar refractivity (Wildman–Crippen MR) is 58.8 cm³/mol. The number of methoxy groups -OCH3 is 1. The van der Waals surface area contributed by atoms with Gasteiger partial charge in [-0.3, -0.25) is 4.57 Å². The smallest absolute Gasteiger partial charge is 0.222 e. The van der Waals surface area contributed by atoms with Crippen molar-refractivity contribution in [1.29, 1.82) is 0 Å². The number of hydrogen-bond acceptors (Lipinski definition) is 6. The molecule has 0 amide bonds. The molecule has 1 aromatic heterocycles. The fourth-order valence-corrected chi connectivity index (χ4v) is 1.66. The van der Waals surface area contributed by atoms with Crippen LogP contribution in [0.25, 0.3) is 0 Å². The molecule has 1 heterocycles. The molecule has 0 unspecified atom stereocenters. The number of nitrogens with zero attached hydrogens (tertiary/aromatic N) is 3. The third kappa shape index (κ3) is 4.06. The van der Waals surface area contributed by atoms with Crippen LogP contribution in [-0.2, 0) is 16.5 Å². The largest absolute Gasteiger partial charge is 0.382 e. The lowest BCUT2D eigenvalue weighted by Gasteiger charge is -2.03. The number of rotatable bonds is 7. The number of aromatic nitrogens is 3. The quantitative estimate of drug-likeness (QED) is 0.533. The number of thioether (sulfide) groups is 1. The van der Waals surface area contributed by atoms with Crippen molar-refractivity contribution < 1.29 is 9.47 Å². The fraction of sp³-hybridized carbons (Fsp3) is 0.750. The SMILES string of the molecule is COCCOCCSc1nnc(N)n1C. The molecular weight excluding hydrogens is 216 g/mol. The number of ether oxygens (including phenoxy) is 2. The highest BCUT2D eigenvalue weighted by atomic mass is 32.2. The highest BCUT2D eigenvalue weighted by Crippen LogP contribution is 2.15. The summed E-state index contributed by atoms with van der Waals surface area (Å²) in [5.74, 6) is 1.26. The molecule has 0 aliphatic carbocycles. The van der Waals surface area contributed by atoms with E-state index in [0.717, 1.165) is 10.9 Å². The van der Waals surface area contributed by atoms with E-state index in [4.69, 9.17) is 15.2 Å². The second kappa shape index (κ2) is 6.65. The summed E-state index contributed by atoms with van der Waals surface area (Å²) in [6, 6.07) is 0. The van der Waals surface area contributed by atoms with Crippen LogP contribution in [0.1, 0.15) is 0 Å². The van der Waals surface area contributed by atoms with Crippen LogP contribution in [-0.4, -0.2) is 47.4 Å². The molecule has 15 heavy (non-hydrogen) atoms.